The van der Waals surface area contributed by atoms with Crippen molar-refractivity contribution < 1.29 is 19.1 Å². The summed E-state index contributed by atoms with van der Waals surface area (Å²) in [6.07, 6.45) is 1.85. The van der Waals surface area contributed by atoms with E-state index in [2.05, 4.69) is 10.6 Å². The lowest BCUT2D eigenvalue weighted by Gasteiger charge is -2.16. The van der Waals surface area contributed by atoms with E-state index in [4.69, 9.17) is 4.74 Å². The molecule has 1 saturated carbocycles. The van der Waals surface area contributed by atoms with Gasteiger partial charge >= 0.3 is 12.0 Å². The number of imide groups is 1. The molecule has 27 heavy (non-hydrogen) atoms. The number of hydrogen-bond donors (Lipinski definition) is 2. The van der Waals surface area contributed by atoms with Crippen LogP contribution in [0.15, 0.2) is 65.6 Å². The summed E-state index contributed by atoms with van der Waals surface area (Å²) in [5, 5.41) is 4.19. The number of carbonyl (C=O) groups is 3. The molecular formula is C20H20N2O4S. The van der Waals surface area contributed by atoms with Crippen LogP contribution in [0.2, 0.25) is 0 Å². The van der Waals surface area contributed by atoms with E-state index >= 15 is 0 Å². The van der Waals surface area contributed by atoms with Crippen LogP contribution < -0.4 is 10.6 Å². The molecule has 1 atom stereocenters. The fraction of sp³-hybridized carbons (Fsp3) is 0.250. The summed E-state index contributed by atoms with van der Waals surface area (Å²) < 4.78 is 5.16. The molecule has 1 fully saturated rings. The molecule has 0 bridgehead atoms. The third kappa shape index (κ3) is 6.14. The van der Waals surface area contributed by atoms with Crippen molar-refractivity contribution in [2.24, 2.45) is 0 Å². The molecule has 0 heterocycles. The Morgan fingerprint density at radius 1 is 1.00 bits per heavy atom. The van der Waals surface area contributed by atoms with Crippen molar-refractivity contribution in [2.45, 2.75) is 29.0 Å². The van der Waals surface area contributed by atoms with Gasteiger partial charge in [-0.05, 0) is 30.5 Å². The van der Waals surface area contributed by atoms with Crippen molar-refractivity contribution in [3.05, 3.63) is 66.2 Å². The first-order valence-corrected chi connectivity index (χ1v) is 9.53. The van der Waals surface area contributed by atoms with Crippen molar-refractivity contribution in [3.8, 4) is 0 Å². The third-order valence-corrected chi connectivity index (χ3v) is 5.07. The Morgan fingerprint density at radius 3 is 2.26 bits per heavy atom. The number of amides is 3. The first kappa shape index (κ1) is 19.0. The maximum atomic E-state index is 12.6. The number of ether oxygens (including phenoxy) is 1. The zero-order chi connectivity index (χ0) is 19.1. The van der Waals surface area contributed by atoms with Gasteiger partial charge in [0.2, 0.25) is 0 Å². The molecule has 6 nitrogen and oxygen atoms in total. The van der Waals surface area contributed by atoms with E-state index < -0.39 is 29.8 Å². The normalized spacial score (nSPS) is 14.1. The molecule has 1 aliphatic rings. The number of carbonyl (C=O) groups excluding carboxylic acids is 3. The van der Waals surface area contributed by atoms with Gasteiger partial charge in [0.15, 0.2) is 6.61 Å². The molecule has 0 radical (unpaired) electrons. The van der Waals surface area contributed by atoms with Crippen molar-refractivity contribution in [1.29, 1.82) is 0 Å². The van der Waals surface area contributed by atoms with E-state index in [1.165, 1.54) is 11.8 Å². The number of rotatable bonds is 7. The summed E-state index contributed by atoms with van der Waals surface area (Å²) in [5.41, 5.74) is 0.781. The van der Waals surface area contributed by atoms with Crippen LogP contribution in [0, 0.1) is 0 Å². The number of nitrogens with one attached hydrogen (secondary N) is 2. The van der Waals surface area contributed by atoms with E-state index in [1.54, 1.807) is 0 Å². The highest BCUT2D eigenvalue weighted by Gasteiger charge is 2.26. The van der Waals surface area contributed by atoms with E-state index in [9.17, 15) is 14.4 Å². The van der Waals surface area contributed by atoms with Gasteiger partial charge in [-0.1, -0.05) is 48.5 Å². The van der Waals surface area contributed by atoms with Crippen LogP contribution in [0.4, 0.5) is 4.79 Å². The molecule has 140 valence electrons. The van der Waals surface area contributed by atoms with Gasteiger partial charge in [0.1, 0.15) is 5.25 Å². The molecule has 2 aromatic carbocycles. The predicted octanol–water partition coefficient (Wildman–Crippen LogP) is 3.05. The molecule has 0 aromatic heterocycles. The number of thioether (sulfide) groups is 1. The van der Waals surface area contributed by atoms with Crippen LogP contribution in [0.1, 0.15) is 23.7 Å². The molecule has 1 aliphatic carbocycles. The third-order valence-electron chi connectivity index (χ3n) is 3.82. The maximum Gasteiger partial charge on any atom is 0.324 e. The van der Waals surface area contributed by atoms with Crippen molar-refractivity contribution in [1.82, 2.24) is 10.6 Å². The van der Waals surface area contributed by atoms with Gasteiger partial charge in [0.25, 0.3) is 5.91 Å². The second-order valence-corrected chi connectivity index (χ2v) is 7.30. The Morgan fingerprint density at radius 2 is 1.63 bits per heavy atom. The highest BCUT2D eigenvalue weighted by molar-refractivity contribution is 8.00. The van der Waals surface area contributed by atoms with Crippen LogP contribution >= 0.6 is 11.8 Å². The fourth-order valence-electron chi connectivity index (χ4n) is 2.34. The first-order valence-electron chi connectivity index (χ1n) is 8.65. The minimum absolute atomic E-state index is 0.144. The molecule has 3 rings (SSSR count). The van der Waals surface area contributed by atoms with Crippen molar-refractivity contribution in [3.63, 3.8) is 0 Å². The van der Waals surface area contributed by atoms with Gasteiger partial charge in [-0.3, -0.25) is 14.9 Å². The monoisotopic (exact) mass is 384 g/mol. The fourth-order valence-corrected chi connectivity index (χ4v) is 3.38. The standard InChI is InChI=1S/C20H20N2O4S/c23-17(22-20(25)21-15-11-12-15)13-26-19(24)18(14-7-3-1-4-8-14)27-16-9-5-2-6-10-16/h1-10,15,18H,11-13H2,(H2,21,22,23,25)/t18-/m0/s1. The maximum absolute atomic E-state index is 12.6. The second kappa shape index (κ2) is 9.23. The average Bonchev–Trinajstić information content (AvgIpc) is 3.49. The van der Waals surface area contributed by atoms with Crippen LogP contribution in [0.3, 0.4) is 0 Å². The van der Waals surface area contributed by atoms with Crippen LogP contribution in [-0.2, 0) is 14.3 Å². The van der Waals surface area contributed by atoms with Gasteiger partial charge < -0.3 is 10.1 Å². The highest BCUT2D eigenvalue weighted by Crippen LogP contribution is 2.36. The first-order chi connectivity index (χ1) is 13.1. The minimum atomic E-state index is -0.655. The number of esters is 1. The van der Waals surface area contributed by atoms with E-state index in [1.807, 2.05) is 60.7 Å². The minimum Gasteiger partial charge on any atom is -0.454 e. The van der Waals surface area contributed by atoms with Gasteiger partial charge in [-0.15, -0.1) is 11.8 Å². The molecule has 2 aromatic rings. The second-order valence-electron chi connectivity index (χ2n) is 6.13. The molecule has 2 N–H and O–H groups in total. The largest absolute Gasteiger partial charge is 0.454 e. The molecule has 0 saturated heterocycles. The lowest BCUT2D eigenvalue weighted by Crippen LogP contribution is -2.42. The smallest absolute Gasteiger partial charge is 0.324 e. The van der Waals surface area contributed by atoms with Gasteiger partial charge in [0, 0.05) is 10.9 Å². The molecule has 7 heteroatoms. The molecule has 0 unspecified atom stereocenters. The summed E-state index contributed by atoms with van der Waals surface area (Å²) in [6.45, 7) is -0.504. The van der Waals surface area contributed by atoms with Crippen LogP contribution in [0.5, 0.6) is 0 Å². The Bertz CT molecular complexity index is 794. The van der Waals surface area contributed by atoms with Crippen molar-refractivity contribution in [2.75, 3.05) is 6.61 Å². The van der Waals surface area contributed by atoms with Gasteiger partial charge in [-0.2, -0.15) is 0 Å². The number of hydrogen-bond acceptors (Lipinski definition) is 5. The Balaban J connectivity index is 1.58. The predicted molar refractivity (Wildman–Crippen MR) is 102 cm³/mol. The van der Waals surface area contributed by atoms with Gasteiger partial charge in [-0.25, -0.2) is 4.79 Å². The quantitative estimate of drug-likeness (QED) is 0.566. The van der Waals surface area contributed by atoms with Gasteiger partial charge in [0.05, 0.1) is 0 Å². The average molecular weight is 384 g/mol. The SMILES string of the molecule is O=C(COC(=O)[C@@H](Sc1ccccc1)c1ccccc1)NC(=O)NC1CC1. The number of urea groups is 1. The summed E-state index contributed by atoms with van der Waals surface area (Å²) in [6, 6.07) is 18.3. The molecule has 0 aliphatic heterocycles. The zero-order valence-corrected chi connectivity index (χ0v) is 15.4. The summed E-state index contributed by atoms with van der Waals surface area (Å²) >= 11 is 1.35. The van der Waals surface area contributed by atoms with Crippen LogP contribution in [0.25, 0.3) is 0 Å². The number of benzene rings is 2. The van der Waals surface area contributed by atoms with Crippen molar-refractivity contribution >= 4 is 29.7 Å². The Hall–Kier alpha value is -2.80. The highest BCUT2D eigenvalue weighted by atomic mass is 32.2. The molecule has 0 spiro atoms. The summed E-state index contributed by atoms with van der Waals surface area (Å²) in [7, 11) is 0. The summed E-state index contributed by atoms with van der Waals surface area (Å²) in [4.78, 5) is 36.9. The Labute approximate surface area is 161 Å². The lowest BCUT2D eigenvalue weighted by atomic mass is 10.1. The topological polar surface area (TPSA) is 84.5 Å². The van der Waals surface area contributed by atoms with E-state index in [0.717, 1.165) is 23.3 Å². The lowest BCUT2D eigenvalue weighted by molar-refractivity contribution is -0.147. The van der Waals surface area contributed by atoms with Crippen LogP contribution in [-0.4, -0.2) is 30.6 Å². The Kier molecular flexibility index (Phi) is 6.49. The zero-order valence-electron chi connectivity index (χ0n) is 14.6. The van der Waals surface area contributed by atoms with E-state index in [-0.39, 0.29) is 6.04 Å². The molecule has 3 amide bonds. The summed E-state index contributed by atoms with van der Waals surface area (Å²) in [5.74, 6) is -1.19. The van der Waals surface area contributed by atoms with E-state index in [0.29, 0.717) is 0 Å². The molecular weight excluding hydrogens is 364 g/mol.